The van der Waals surface area contributed by atoms with E-state index in [1.165, 1.54) is 5.56 Å². The smallest absolute Gasteiger partial charge is 0.0453 e. The van der Waals surface area contributed by atoms with Gasteiger partial charge in [0, 0.05) is 36.5 Å². The van der Waals surface area contributed by atoms with Crippen LogP contribution in [-0.4, -0.2) is 4.57 Å². The Labute approximate surface area is 114 Å². The third-order valence-corrected chi connectivity index (χ3v) is 3.51. The fourth-order valence-electron chi connectivity index (χ4n) is 2.00. The second-order valence-corrected chi connectivity index (χ2v) is 4.88. The Morgan fingerprint density at radius 1 is 1.28 bits per heavy atom. The number of hydrogen-bond donors (Lipinski definition) is 1. The predicted molar refractivity (Wildman–Crippen MR) is 76.8 cm³/mol. The number of hydrogen-bond acceptors (Lipinski definition) is 1. The largest absolute Gasteiger partial charge is 0.354 e. The molecule has 18 heavy (non-hydrogen) atoms. The van der Waals surface area contributed by atoms with Crippen LogP contribution in [0.5, 0.6) is 0 Å². The van der Waals surface area contributed by atoms with Crippen molar-refractivity contribution in [2.45, 2.75) is 33.0 Å². The quantitative estimate of drug-likeness (QED) is 0.861. The second-order valence-electron chi connectivity index (χ2n) is 4.47. The molecule has 3 heteroatoms. The summed E-state index contributed by atoms with van der Waals surface area (Å²) in [6.45, 7) is 6.15. The summed E-state index contributed by atoms with van der Waals surface area (Å²) >= 11 is 6.18. The van der Waals surface area contributed by atoms with Gasteiger partial charge in [-0.15, -0.1) is 0 Å². The summed E-state index contributed by atoms with van der Waals surface area (Å²) in [6, 6.07) is 10.4. The highest BCUT2D eigenvalue weighted by Crippen LogP contribution is 2.22. The number of nitrogens with one attached hydrogen (secondary N) is 1. The molecule has 2 rings (SSSR count). The molecule has 0 saturated heterocycles. The lowest BCUT2D eigenvalue weighted by molar-refractivity contribution is 0.574. The summed E-state index contributed by atoms with van der Waals surface area (Å²) in [5.41, 5.74) is 2.45. The average Bonchev–Trinajstić information content (AvgIpc) is 2.84. The highest BCUT2D eigenvalue weighted by atomic mass is 35.5. The van der Waals surface area contributed by atoms with Crippen LogP contribution in [0.2, 0.25) is 5.02 Å². The first-order valence-electron chi connectivity index (χ1n) is 6.33. The molecule has 1 N–H and O–H groups in total. The Kier molecular flexibility index (Phi) is 4.45. The van der Waals surface area contributed by atoms with Gasteiger partial charge in [0.1, 0.15) is 0 Å². The lowest BCUT2D eigenvalue weighted by Crippen LogP contribution is -2.18. The van der Waals surface area contributed by atoms with Crippen LogP contribution >= 0.6 is 11.6 Å². The molecule has 1 aromatic heterocycles. The maximum Gasteiger partial charge on any atom is 0.0453 e. The van der Waals surface area contributed by atoms with Crippen LogP contribution < -0.4 is 5.32 Å². The summed E-state index contributed by atoms with van der Waals surface area (Å²) in [4.78, 5) is 0. The molecule has 1 aromatic carbocycles. The van der Waals surface area contributed by atoms with Gasteiger partial charge in [-0.25, -0.2) is 0 Å². The number of nitrogens with zero attached hydrogens (tertiary/aromatic N) is 1. The molecule has 2 aromatic rings. The first-order valence-corrected chi connectivity index (χ1v) is 6.71. The van der Waals surface area contributed by atoms with Gasteiger partial charge in [-0.2, -0.15) is 0 Å². The number of aromatic nitrogens is 1. The fraction of sp³-hybridized carbons (Fsp3) is 0.333. The summed E-state index contributed by atoms with van der Waals surface area (Å²) in [6.07, 6.45) is 4.28. The van der Waals surface area contributed by atoms with Crippen molar-refractivity contribution in [3.63, 3.8) is 0 Å². The summed E-state index contributed by atoms with van der Waals surface area (Å²) in [5, 5.41) is 4.32. The van der Waals surface area contributed by atoms with Crippen molar-refractivity contribution in [3.8, 4) is 0 Å². The van der Waals surface area contributed by atoms with Crippen molar-refractivity contribution in [1.29, 1.82) is 0 Å². The molecule has 0 amide bonds. The molecule has 96 valence electrons. The Balaban J connectivity index is 1.96. The first-order chi connectivity index (χ1) is 8.70. The standard InChI is InChI=1S/C15H19ClN2/c1-3-18-9-8-13(11-18)10-17-12(2)14-6-4-5-7-15(14)16/h4-9,11-12,17H,3,10H2,1-2H3. The zero-order valence-electron chi connectivity index (χ0n) is 10.9. The number of benzene rings is 1. The zero-order valence-corrected chi connectivity index (χ0v) is 11.6. The minimum Gasteiger partial charge on any atom is -0.354 e. The monoisotopic (exact) mass is 262 g/mol. The van der Waals surface area contributed by atoms with Crippen LogP contribution in [0.3, 0.4) is 0 Å². The molecular formula is C15H19ClN2. The van der Waals surface area contributed by atoms with Gasteiger partial charge in [-0.05, 0) is 37.1 Å². The van der Waals surface area contributed by atoms with Crippen LogP contribution in [0.15, 0.2) is 42.7 Å². The molecule has 0 spiro atoms. The molecule has 0 bridgehead atoms. The molecular weight excluding hydrogens is 244 g/mol. The lowest BCUT2D eigenvalue weighted by Gasteiger charge is -2.15. The predicted octanol–water partition coefficient (Wildman–Crippen LogP) is 4.01. The van der Waals surface area contributed by atoms with E-state index in [0.29, 0.717) is 0 Å². The van der Waals surface area contributed by atoms with Gasteiger partial charge >= 0.3 is 0 Å². The molecule has 0 aliphatic rings. The van der Waals surface area contributed by atoms with E-state index in [1.807, 2.05) is 18.2 Å². The second kappa shape index (κ2) is 6.07. The van der Waals surface area contributed by atoms with Crippen LogP contribution in [0, 0.1) is 0 Å². The van der Waals surface area contributed by atoms with E-state index in [1.54, 1.807) is 0 Å². The van der Waals surface area contributed by atoms with Crippen molar-refractivity contribution in [3.05, 3.63) is 58.9 Å². The van der Waals surface area contributed by atoms with Gasteiger partial charge in [0.25, 0.3) is 0 Å². The molecule has 0 fully saturated rings. The van der Waals surface area contributed by atoms with Crippen molar-refractivity contribution in [1.82, 2.24) is 9.88 Å². The van der Waals surface area contributed by atoms with E-state index in [-0.39, 0.29) is 6.04 Å². The first kappa shape index (κ1) is 13.2. The highest BCUT2D eigenvalue weighted by Gasteiger charge is 2.08. The number of aryl methyl sites for hydroxylation is 1. The zero-order chi connectivity index (χ0) is 13.0. The normalized spacial score (nSPS) is 12.6. The minimum atomic E-state index is 0.253. The number of halogens is 1. The van der Waals surface area contributed by atoms with E-state index in [2.05, 4.69) is 48.3 Å². The van der Waals surface area contributed by atoms with Crippen molar-refractivity contribution < 1.29 is 0 Å². The summed E-state index contributed by atoms with van der Waals surface area (Å²) in [7, 11) is 0. The maximum atomic E-state index is 6.18. The maximum absolute atomic E-state index is 6.18. The summed E-state index contributed by atoms with van der Waals surface area (Å²) < 4.78 is 2.18. The molecule has 0 saturated carbocycles. The van der Waals surface area contributed by atoms with Crippen molar-refractivity contribution in [2.24, 2.45) is 0 Å². The third-order valence-electron chi connectivity index (χ3n) is 3.16. The van der Waals surface area contributed by atoms with Crippen molar-refractivity contribution in [2.75, 3.05) is 0 Å². The SMILES string of the molecule is CCn1ccc(CNC(C)c2ccccc2Cl)c1. The van der Waals surface area contributed by atoms with E-state index >= 15 is 0 Å². The van der Waals surface area contributed by atoms with E-state index in [4.69, 9.17) is 11.6 Å². The Morgan fingerprint density at radius 3 is 2.72 bits per heavy atom. The molecule has 1 atom stereocenters. The molecule has 0 aliphatic heterocycles. The van der Waals surface area contributed by atoms with Gasteiger partial charge in [0.2, 0.25) is 0 Å². The van der Waals surface area contributed by atoms with Gasteiger partial charge < -0.3 is 9.88 Å². The lowest BCUT2D eigenvalue weighted by atomic mass is 10.1. The third kappa shape index (κ3) is 3.15. The van der Waals surface area contributed by atoms with E-state index in [9.17, 15) is 0 Å². The number of rotatable bonds is 5. The average molecular weight is 263 g/mol. The van der Waals surface area contributed by atoms with Crippen LogP contribution in [-0.2, 0) is 13.1 Å². The van der Waals surface area contributed by atoms with E-state index in [0.717, 1.165) is 23.7 Å². The van der Waals surface area contributed by atoms with Gasteiger partial charge in [0.15, 0.2) is 0 Å². The Morgan fingerprint density at radius 2 is 2.06 bits per heavy atom. The molecule has 1 unspecified atom stereocenters. The van der Waals surface area contributed by atoms with Gasteiger partial charge in [-0.3, -0.25) is 0 Å². The van der Waals surface area contributed by atoms with Crippen LogP contribution in [0.4, 0.5) is 0 Å². The van der Waals surface area contributed by atoms with Crippen molar-refractivity contribution >= 4 is 11.6 Å². The fourth-order valence-corrected chi connectivity index (χ4v) is 2.30. The Hall–Kier alpha value is -1.25. The molecule has 2 nitrogen and oxygen atoms in total. The highest BCUT2D eigenvalue weighted by molar-refractivity contribution is 6.31. The molecule has 0 aliphatic carbocycles. The summed E-state index contributed by atoms with van der Waals surface area (Å²) in [5.74, 6) is 0. The van der Waals surface area contributed by atoms with Gasteiger partial charge in [-0.1, -0.05) is 29.8 Å². The van der Waals surface area contributed by atoms with Crippen LogP contribution in [0.1, 0.15) is 31.0 Å². The van der Waals surface area contributed by atoms with Crippen LogP contribution in [0.25, 0.3) is 0 Å². The van der Waals surface area contributed by atoms with E-state index < -0.39 is 0 Å². The topological polar surface area (TPSA) is 17.0 Å². The van der Waals surface area contributed by atoms with Gasteiger partial charge in [0.05, 0.1) is 0 Å². The molecule has 1 heterocycles. The minimum absolute atomic E-state index is 0.253. The molecule has 0 radical (unpaired) electrons. The Bertz CT molecular complexity index is 505.